The maximum absolute atomic E-state index is 10.7. The Morgan fingerprint density at radius 2 is 1.93 bits per heavy atom. The Balaban J connectivity index is 2.06. The van der Waals surface area contributed by atoms with E-state index in [0.29, 0.717) is 6.04 Å². The van der Waals surface area contributed by atoms with Crippen LogP contribution in [0.1, 0.15) is 46.0 Å². The lowest BCUT2D eigenvalue weighted by molar-refractivity contribution is -0.118. The molecular weight excluding hydrogens is 188 g/mol. The molecule has 2 N–H and O–H groups in total. The monoisotopic (exact) mass is 212 g/mol. The largest absolute Gasteiger partial charge is 0.355 e. The Hall–Kier alpha value is -0.570. The maximum Gasteiger partial charge on any atom is 0.216 e. The summed E-state index contributed by atoms with van der Waals surface area (Å²) in [7, 11) is 0. The molecule has 0 heterocycles. The molecule has 1 atom stereocenters. The molecule has 3 nitrogen and oxygen atoms in total. The van der Waals surface area contributed by atoms with Gasteiger partial charge >= 0.3 is 0 Å². The molecule has 0 radical (unpaired) electrons. The van der Waals surface area contributed by atoms with E-state index in [-0.39, 0.29) is 5.91 Å². The van der Waals surface area contributed by atoms with Crippen molar-refractivity contribution in [2.45, 2.75) is 52.0 Å². The van der Waals surface area contributed by atoms with E-state index in [0.717, 1.165) is 19.0 Å². The summed E-state index contributed by atoms with van der Waals surface area (Å²) in [6.07, 6.45) is 6.93. The Morgan fingerprint density at radius 1 is 1.27 bits per heavy atom. The zero-order valence-electron chi connectivity index (χ0n) is 10.0. The van der Waals surface area contributed by atoms with Gasteiger partial charge in [0.1, 0.15) is 0 Å². The van der Waals surface area contributed by atoms with Crippen molar-refractivity contribution in [3.05, 3.63) is 0 Å². The van der Waals surface area contributed by atoms with Gasteiger partial charge in [-0.1, -0.05) is 19.3 Å². The van der Waals surface area contributed by atoms with Crippen molar-refractivity contribution in [3.63, 3.8) is 0 Å². The molecule has 0 aliphatic heterocycles. The predicted octanol–water partition coefficient (Wildman–Crippen LogP) is 1.68. The molecule has 1 rings (SSSR count). The van der Waals surface area contributed by atoms with Crippen molar-refractivity contribution in [2.24, 2.45) is 5.92 Å². The molecule has 0 aromatic heterocycles. The number of nitrogens with one attached hydrogen (secondary N) is 2. The minimum absolute atomic E-state index is 0.0575. The van der Waals surface area contributed by atoms with Crippen molar-refractivity contribution in [1.29, 1.82) is 0 Å². The quantitative estimate of drug-likeness (QED) is 0.681. The van der Waals surface area contributed by atoms with Crippen molar-refractivity contribution in [3.8, 4) is 0 Å². The molecule has 88 valence electrons. The van der Waals surface area contributed by atoms with Crippen molar-refractivity contribution >= 4 is 5.91 Å². The van der Waals surface area contributed by atoms with Gasteiger partial charge in [-0.2, -0.15) is 0 Å². The highest BCUT2D eigenvalue weighted by Gasteiger charge is 2.18. The van der Waals surface area contributed by atoms with Crippen LogP contribution >= 0.6 is 0 Å². The normalized spacial score (nSPS) is 19.9. The lowest BCUT2D eigenvalue weighted by atomic mass is 9.84. The molecule has 0 aromatic carbocycles. The number of amides is 1. The third-order valence-corrected chi connectivity index (χ3v) is 3.32. The first kappa shape index (κ1) is 12.5. The fraction of sp³-hybridized carbons (Fsp3) is 0.917. The second kappa shape index (κ2) is 6.83. The number of carbonyl (C=O) groups excluding carboxylic acids is 1. The molecular formula is C12H24N2O. The Kier molecular flexibility index (Phi) is 5.69. The van der Waals surface area contributed by atoms with Crippen LogP contribution in [0.25, 0.3) is 0 Å². The number of rotatable bonds is 5. The van der Waals surface area contributed by atoms with Gasteiger partial charge in [0, 0.05) is 26.1 Å². The van der Waals surface area contributed by atoms with E-state index in [1.165, 1.54) is 32.1 Å². The average Bonchev–Trinajstić information content (AvgIpc) is 2.25. The molecule has 1 amide bonds. The second-order valence-electron chi connectivity index (χ2n) is 4.62. The van der Waals surface area contributed by atoms with E-state index in [2.05, 4.69) is 17.6 Å². The minimum Gasteiger partial charge on any atom is -0.355 e. The summed E-state index contributed by atoms with van der Waals surface area (Å²) >= 11 is 0. The van der Waals surface area contributed by atoms with E-state index in [1.54, 1.807) is 6.92 Å². The Bertz CT molecular complexity index is 188. The molecule has 1 saturated carbocycles. The van der Waals surface area contributed by atoms with E-state index < -0.39 is 0 Å². The lowest BCUT2D eigenvalue weighted by Gasteiger charge is -2.28. The molecule has 0 aromatic rings. The van der Waals surface area contributed by atoms with Gasteiger partial charge in [-0.3, -0.25) is 4.79 Å². The van der Waals surface area contributed by atoms with Crippen molar-refractivity contribution in [2.75, 3.05) is 13.1 Å². The molecule has 3 heteroatoms. The fourth-order valence-electron chi connectivity index (χ4n) is 2.34. The summed E-state index contributed by atoms with van der Waals surface area (Å²) in [4.78, 5) is 10.7. The van der Waals surface area contributed by atoms with Gasteiger partial charge in [-0.05, 0) is 25.7 Å². The van der Waals surface area contributed by atoms with Gasteiger partial charge in [-0.25, -0.2) is 0 Å². The minimum atomic E-state index is 0.0575. The van der Waals surface area contributed by atoms with Crippen LogP contribution in [-0.4, -0.2) is 25.0 Å². The molecule has 15 heavy (non-hydrogen) atoms. The maximum atomic E-state index is 10.7. The van der Waals surface area contributed by atoms with Crippen LogP contribution in [0.15, 0.2) is 0 Å². The molecule has 1 fully saturated rings. The van der Waals surface area contributed by atoms with Crippen LogP contribution in [0, 0.1) is 5.92 Å². The van der Waals surface area contributed by atoms with Crippen LogP contribution in [0.2, 0.25) is 0 Å². The van der Waals surface area contributed by atoms with E-state index >= 15 is 0 Å². The zero-order chi connectivity index (χ0) is 11.1. The predicted molar refractivity (Wildman–Crippen MR) is 62.7 cm³/mol. The van der Waals surface area contributed by atoms with E-state index in [4.69, 9.17) is 0 Å². The standard InChI is InChI=1S/C12H24N2O/c1-10(12-6-4-3-5-7-12)13-8-9-14-11(2)15/h10,12-13H,3-9H2,1-2H3,(H,14,15)/t10-/m0/s1. The van der Waals surface area contributed by atoms with Gasteiger partial charge in [0.05, 0.1) is 0 Å². The summed E-state index contributed by atoms with van der Waals surface area (Å²) in [5.74, 6) is 0.901. The van der Waals surface area contributed by atoms with Crippen LogP contribution in [0.3, 0.4) is 0 Å². The number of hydrogen-bond acceptors (Lipinski definition) is 2. The first-order valence-corrected chi connectivity index (χ1v) is 6.18. The van der Waals surface area contributed by atoms with Gasteiger partial charge in [-0.15, -0.1) is 0 Å². The number of carbonyl (C=O) groups is 1. The molecule has 0 saturated heterocycles. The average molecular weight is 212 g/mol. The fourth-order valence-corrected chi connectivity index (χ4v) is 2.34. The first-order valence-electron chi connectivity index (χ1n) is 6.18. The van der Waals surface area contributed by atoms with Crippen molar-refractivity contribution in [1.82, 2.24) is 10.6 Å². The van der Waals surface area contributed by atoms with E-state index in [1.807, 2.05) is 0 Å². The molecule has 1 aliphatic rings. The lowest BCUT2D eigenvalue weighted by Crippen LogP contribution is -2.39. The van der Waals surface area contributed by atoms with Gasteiger partial charge in [0.2, 0.25) is 5.91 Å². The van der Waals surface area contributed by atoms with Gasteiger partial charge < -0.3 is 10.6 Å². The highest BCUT2D eigenvalue weighted by molar-refractivity contribution is 5.72. The highest BCUT2D eigenvalue weighted by atomic mass is 16.1. The summed E-state index contributed by atoms with van der Waals surface area (Å²) in [5.41, 5.74) is 0. The van der Waals surface area contributed by atoms with E-state index in [9.17, 15) is 4.79 Å². The third kappa shape index (κ3) is 5.17. The van der Waals surface area contributed by atoms with Crippen LogP contribution in [0.4, 0.5) is 0 Å². The van der Waals surface area contributed by atoms with Crippen molar-refractivity contribution < 1.29 is 4.79 Å². The molecule has 0 unspecified atom stereocenters. The van der Waals surface area contributed by atoms with Crippen LogP contribution in [-0.2, 0) is 4.79 Å². The summed E-state index contributed by atoms with van der Waals surface area (Å²) in [6, 6.07) is 0.596. The van der Waals surface area contributed by atoms with Gasteiger partial charge in [0.15, 0.2) is 0 Å². The smallest absolute Gasteiger partial charge is 0.216 e. The summed E-state index contributed by atoms with van der Waals surface area (Å²) in [6.45, 7) is 5.46. The molecule has 0 spiro atoms. The van der Waals surface area contributed by atoms with Crippen LogP contribution < -0.4 is 10.6 Å². The molecule has 1 aliphatic carbocycles. The topological polar surface area (TPSA) is 41.1 Å². The summed E-state index contributed by atoms with van der Waals surface area (Å²) < 4.78 is 0. The number of hydrogen-bond donors (Lipinski definition) is 2. The Labute approximate surface area is 93.0 Å². The zero-order valence-corrected chi connectivity index (χ0v) is 10.0. The Morgan fingerprint density at radius 3 is 2.53 bits per heavy atom. The SMILES string of the molecule is CC(=O)NCCN[C@@H](C)C1CCCCC1. The molecule has 0 bridgehead atoms. The van der Waals surface area contributed by atoms with Gasteiger partial charge in [0.25, 0.3) is 0 Å². The summed E-state index contributed by atoms with van der Waals surface area (Å²) in [5, 5.41) is 6.30. The second-order valence-corrected chi connectivity index (χ2v) is 4.62. The first-order chi connectivity index (χ1) is 7.20. The van der Waals surface area contributed by atoms with Crippen LogP contribution in [0.5, 0.6) is 0 Å². The third-order valence-electron chi connectivity index (χ3n) is 3.32. The highest BCUT2D eigenvalue weighted by Crippen LogP contribution is 2.26.